The molecule has 0 aliphatic heterocycles. The number of amides is 2. The van der Waals surface area contributed by atoms with E-state index >= 15 is 0 Å². The lowest BCUT2D eigenvalue weighted by Crippen LogP contribution is -2.39. The van der Waals surface area contributed by atoms with Gasteiger partial charge in [-0.05, 0) is 37.6 Å². The van der Waals surface area contributed by atoms with Gasteiger partial charge < -0.3 is 15.2 Å². The van der Waals surface area contributed by atoms with Gasteiger partial charge in [0.05, 0.1) is 17.8 Å². The fraction of sp³-hybridized carbons (Fsp3) is 0.294. The highest BCUT2D eigenvalue weighted by Crippen LogP contribution is 2.16. The summed E-state index contributed by atoms with van der Waals surface area (Å²) in [7, 11) is 1.84. The SMILES string of the molecule is C[C@H](NC(=O)N[C@H](C)c1nncn1C)c1cccc(-n2cccn2)c1. The van der Waals surface area contributed by atoms with Crippen molar-refractivity contribution in [2.45, 2.75) is 25.9 Å². The van der Waals surface area contributed by atoms with Crippen LogP contribution in [0.5, 0.6) is 0 Å². The molecule has 0 spiro atoms. The molecular formula is C17H21N7O. The first-order valence-corrected chi connectivity index (χ1v) is 8.05. The van der Waals surface area contributed by atoms with E-state index in [1.54, 1.807) is 21.8 Å². The van der Waals surface area contributed by atoms with Crippen LogP contribution in [-0.2, 0) is 7.05 Å². The molecule has 1 aromatic carbocycles. The lowest BCUT2D eigenvalue weighted by molar-refractivity contribution is 0.234. The third kappa shape index (κ3) is 3.85. The summed E-state index contributed by atoms with van der Waals surface area (Å²) in [4.78, 5) is 12.3. The summed E-state index contributed by atoms with van der Waals surface area (Å²) in [5.74, 6) is 0.698. The van der Waals surface area contributed by atoms with E-state index in [1.165, 1.54) is 0 Å². The number of urea groups is 1. The van der Waals surface area contributed by atoms with E-state index in [0.717, 1.165) is 11.3 Å². The van der Waals surface area contributed by atoms with Gasteiger partial charge >= 0.3 is 6.03 Å². The fourth-order valence-electron chi connectivity index (χ4n) is 2.63. The summed E-state index contributed by atoms with van der Waals surface area (Å²) in [6.07, 6.45) is 5.22. The minimum Gasteiger partial charge on any atom is -0.332 e. The summed E-state index contributed by atoms with van der Waals surface area (Å²) in [5, 5.41) is 17.9. The largest absolute Gasteiger partial charge is 0.332 e. The Hall–Kier alpha value is -3.16. The zero-order chi connectivity index (χ0) is 17.8. The maximum atomic E-state index is 12.3. The molecule has 0 fully saturated rings. The van der Waals surface area contributed by atoms with E-state index < -0.39 is 0 Å². The molecular weight excluding hydrogens is 318 g/mol. The Balaban J connectivity index is 1.64. The topological polar surface area (TPSA) is 89.7 Å². The first-order chi connectivity index (χ1) is 12.0. The molecule has 0 aliphatic rings. The smallest absolute Gasteiger partial charge is 0.315 e. The molecule has 0 radical (unpaired) electrons. The van der Waals surface area contributed by atoms with Gasteiger partial charge in [-0.3, -0.25) is 0 Å². The number of aromatic nitrogens is 5. The summed E-state index contributed by atoms with van der Waals surface area (Å²) in [6, 6.07) is 9.12. The summed E-state index contributed by atoms with van der Waals surface area (Å²) in [6.45, 7) is 3.81. The third-order valence-corrected chi connectivity index (χ3v) is 3.97. The Labute approximate surface area is 145 Å². The zero-order valence-corrected chi connectivity index (χ0v) is 14.4. The molecule has 8 nitrogen and oxygen atoms in total. The van der Waals surface area contributed by atoms with Crippen molar-refractivity contribution < 1.29 is 4.79 Å². The zero-order valence-electron chi connectivity index (χ0n) is 14.4. The Bertz CT molecular complexity index is 840. The fourth-order valence-corrected chi connectivity index (χ4v) is 2.63. The van der Waals surface area contributed by atoms with Crippen LogP contribution in [0.15, 0.2) is 49.1 Å². The Morgan fingerprint density at radius 3 is 2.64 bits per heavy atom. The van der Waals surface area contributed by atoms with Crippen LogP contribution in [0.4, 0.5) is 4.79 Å². The highest BCUT2D eigenvalue weighted by molar-refractivity contribution is 5.74. The Kier molecular flexibility index (Phi) is 4.78. The lowest BCUT2D eigenvalue weighted by atomic mass is 10.1. The molecule has 3 aromatic rings. The maximum absolute atomic E-state index is 12.3. The van der Waals surface area contributed by atoms with E-state index in [2.05, 4.69) is 25.9 Å². The van der Waals surface area contributed by atoms with Gasteiger partial charge in [-0.1, -0.05) is 12.1 Å². The quantitative estimate of drug-likeness (QED) is 0.745. The van der Waals surface area contributed by atoms with Crippen LogP contribution in [0.1, 0.15) is 37.3 Å². The number of rotatable bonds is 5. The average molecular weight is 339 g/mol. The average Bonchev–Trinajstić information content (AvgIpc) is 3.26. The molecule has 0 saturated carbocycles. The van der Waals surface area contributed by atoms with Crippen LogP contribution in [-0.4, -0.2) is 30.6 Å². The first-order valence-electron chi connectivity index (χ1n) is 8.05. The van der Waals surface area contributed by atoms with Crippen molar-refractivity contribution >= 4 is 6.03 Å². The molecule has 8 heteroatoms. The molecule has 0 unspecified atom stereocenters. The van der Waals surface area contributed by atoms with Gasteiger partial charge in [-0.25, -0.2) is 9.48 Å². The number of aryl methyl sites for hydroxylation is 1. The second kappa shape index (κ2) is 7.16. The maximum Gasteiger partial charge on any atom is 0.315 e. The number of hydrogen-bond donors (Lipinski definition) is 2. The lowest BCUT2D eigenvalue weighted by Gasteiger charge is -2.18. The van der Waals surface area contributed by atoms with Crippen LogP contribution in [0.2, 0.25) is 0 Å². The van der Waals surface area contributed by atoms with Crippen molar-refractivity contribution in [2.75, 3.05) is 0 Å². The number of nitrogens with zero attached hydrogens (tertiary/aromatic N) is 5. The Morgan fingerprint density at radius 2 is 1.96 bits per heavy atom. The minimum atomic E-state index is -0.257. The molecule has 0 aliphatic carbocycles. The molecule has 130 valence electrons. The Morgan fingerprint density at radius 1 is 1.16 bits per heavy atom. The summed E-state index contributed by atoms with van der Waals surface area (Å²) in [5.41, 5.74) is 1.94. The van der Waals surface area contributed by atoms with E-state index in [9.17, 15) is 4.79 Å². The van der Waals surface area contributed by atoms with E-state index in [0.29, 0.717) is 5.82 Å². The van der Waals surface area contributed by atoms with Gasteiger partial charge in [-0.2, -0.15) is 5.10 Å². The van der Waals surface area contributed by atoms with Crippen molar-refractivity contribution in [1.29, 1.82) is 0 Å². The molecule has 3 rings (SSSR count). The number of benzene rings is 1. The van der Waals surface area contributed by atoms with Crippen molar-refractivity contribution in [2.24, 2.45) is 7.05 Å². The van der Waals surface area contributed by atoms with Gasteiger partial charge in [0, 0.05) is 19.4 Å². The predicted octanol–water partition coefficient (Wildman–Crippen LogP) is 2.12. The molecule has 2 amide bonds. The molecule has 25 heavy (non-hydrogen) atoms. The number of nitrogens with one attached hydrogen (secondary N) is 2. The van der Waals surface area contributed by atoms with Crippen molar-refractivity contribution in [1.82, 2.24) is 35.2 Å². The van der Waals surface area contributed by atoms with Crippen LogP contribution in [0.3, 0.4) is 0 Å². The van der Waals surface area contributed by atoms with Crippen molar-refractivity contribution in [3.8, 4) is 5.69 Å². The van der Waals surface area contributed by atoms with Crippen molar-refractivity contribution in [3.05, 3.63) is 60.4 Å². The first kappa shape index (κ1) is 16.7. The van der Waals surface area contributed by atoms with Crippen LogP contribution < -0.4 is 10.6 Å². The summed E-state index contributed by atoms with van der Waals surface area (Å²) < 4.78 is 3.56. The van der Waals surface area contributed by atoms with Gasteiger partial charge in [-0.15, -0.1) is 10.2 Å². The van der Waals surface area contributed by atoms with Gasteiger partial charge in [0.15, 0.2) is 5.82 Å². The predicted molar refractivity (Wildman–Crippen MR) is 93.1 cm³/mol. The second-order valence-corrected chi connectivity index (χ2v) is 5.91. The molecule has 0 saturated heterocycles. The van der Waals surface area contributed by atoms with Crippen LogP contribution >= 0.6 is 0 Å². The monoisotopic (exact) mass is 339 g/mol. The minimum absolute atomic E-state index is 0.151. The number of hydrogen-bond acceptors (Lipinski definition) is 4. The normalized spacial score (nSPS) is 13.2. The second-order valence-electron chi connectivity index (χ2n) is 5.91. The third-order valence-electron chi connectivity index (χ3n) is 3.97. The van der Waals surface area contributed by atoms with Gasteiger partial charge in [0.25, 0.3) is 0 Å². The van der Waals surface area contributed by atoms with Gasteiger partial charge in [0.2, 0.25) is 0 Å². The van der Waals surface area contributed by atoms with Crippen LogP contribution in [0.25, 0.3) is 5.69 Å². The standard InChI is InChI=1S/C17H21N7O/c1-12(14-6-4-7-15(10-14)24-9-5-8-19-24)20-17(25)21-13(2)16-22-18-11-23(16)3/h4-13H,1-3H3,(H2,20,21,25)/t12-,13+/m0/s1. The molecule has 0 bridgehead atoms. The molecule has 2 N–H and O–H groups in total. The highest BCUT2D eigenvalue weighted by atomic mass is 16.2. The van der Waals surface area contributed by atoms with E-state index in [4.69, 9.17) is 0 Å². The van der Waals surface area contributed by atoms with E-state index in [1.807, 2.05) is 57.4 Å². The van der Waals surface area contributed by atoms with E-state index in [-0.39, 0.29) is 18.1 Å². The van der Waals surface area contributed by atoms with Crippen LogP contribution in [0, 0.1) is 0 Å². The molecule has 2 atom stereocenters. The highest BCUT2D eigenvalue weighted by Gasteiger charge is 2.16. The molecule has 2 heterocycles. The number of carbonyl (C=O) groups excluding carboxylic acids is 1. The molecule has 2 aromatic heterocycles. The summed E-state index contributed by atoms with van der Waals surface area (Å²) >= 11 is 0. The van der Waals surface area contributed by atoms with Crippen molar-refractivity contribution in [3.63, 3.8) is 0 Å². The number of carbonyl (C=O) groups is 1. The van der Waals surface area contributed by atoms with Gasteiger partial charge in [0.1, 0.15) is 6.33 Å².